The lowest BCUT2D eigenvalue weighted by Gasteiger charge is -2.30. The van der Waals surface area contributed by atoms with Crippen molar-refractivity contribution in [2.24, 2.45) is 0 Å². The third kappa shape index (κ3) is 4.80. The van der Waals surface area contributed by atoms with Crippen molar-refractivity contribution >= 4 is 27.3 Å². The van der Waals surface area contributed by atoms with Crippen LogP contribution in [-0.2, 0) is 14.8 Å². The largest absolute Gasteiger partial charge is 0.497 e. The van der Waals surface area contributed by atoms with Crippen molar-refractivity contribution < 1.29 is 17.9 Å². The molecule has 7 heteroatoms. The molecule has 146 valence electrons. The number of rotatable bonds is 7. The van der Waals surface area contributed by atoms with Crippen LogP contribution >= 0.6 is 0 Å². The molecule has 0 heterocycles. The summed E-state index contributed by atoms with van der Waals surface area (Å²) in [6.07, 6.45) is 1.43. The van der Waals surface area contributed by atoms with Gasteiger partial charge < -0.3 is 10.1 Å². The molecule has 1 N–H and O–H groups in total. The smallest absolute Gasteiger partial charge is 0.248 e. The van der Waals surface area contributed by atoms with Crippen molar-refractivity contribution in [2.75, 3.05) is 23.0 Å². The number of methoxy groups -OCH3 is 1. The van der Waals surface area contributed by atoms with Crippen LogP contribution in [0.3, 0.4) is 0 Å². The van der Waals surface area contributed by atoms with Gasteiger partial charge in [-0.2, -0.15) is 0 Å². The van der Waals surface area contributed by atoms with Crippen LogP contribution in [0.4, 0.5) is 11.4 Å². The fraction of sp³-hybridized carbons (Fsp3) is 0.350. The molecule has 27 heavy (non-hydrogen) atoms. The Morgan fingerprint density at radius 2 is 1.78 bits per heavy atom. The molecule has 0 spiro atoms. The van der Waals surface area contributed by atoms with Gasteiger partial charge in [0.1, 0.15) is 11.8 Å². The van der Waals surface area contributed by atoms with E-state index in [0.29, 0.717) is 23.5 Å². The van der Waals surface area contributed by atoms with Crippen LogP contribution in [0.2, 0.25) is 0 Å². The van der Waals surface area contributed by atoms with Crippen molar-refractivity contribution in [1.82, 2.24) is 0 Å². The average Bonchev–Trinajstić information content (AvgIpc) is 2.62. The van der Waals surface area contributed by atoms with Crippen LogP contribution < -0.4 is 14.4 Å². The van der Waals surface area contributed by atoms with E-state index in [9.17, 15) is 13.2 Å². The first kappa shape index (κ1) is 20.8. The van der Waals surface area contributed by atoms with Gasteiger partial charge in [0, 0.05) is 5.69 Å². The van der Waals surface area contributed by atoms with E-state index in [4.69, 9.17) is 4.74 Å². The number of sulfonamides is 1. The number of nitrogens with one attached hydrogen (secondary N) is 1. The van der Waals surface area contributed by atoms with Crippen LogP contribution in [0.5, 0.6) is 5.75 Å². The second-order valence-corrected chi connectivity index (χ2v) is 8.28. The number of carbonyl (C=O) groups excluding carboxylic acids is 1. The van der Waals surface area contributed by atoms with Crippen LogP contribution in [0.15, 0.2) is 42.5 Å². The van der Waals surface area contributed by atoms with E-state index in [2.05, 4.69) is 5.32 Å². The van der Waals surface area contributed by atoms with E-state index < -0.39 is 16.1 Å². The van der Waals surface area contributed by atoms with E-state index in [1.165, 1.54) is 7.11 Å². The predicted octanol–water partition coefficient (Wildman–Crippen LogP) is 3.50. The lowest BCUT2D eigenvalue weighted by Crippen LogP contribution is -2.47. The molecule has 2 aromatic carbocycles. The third-order valence-corrected chi connectivity index (χ3v) is 5.70. The summed E-state index contributed by atoms with van der Waals surface area (Å²) in [5.41, 5.74) is 3.11. The molecule has 0 aliphatic heterocycles. The first-order chi connectivity index (χ1) is 12.7. The Hall–Kier alpha value is -2.54. The monoisotopic (exact) mass is 390 g/mol. The van der Waals surface area contributed by atoms with E-state index in [1.807, 2.05) is 32.0 Å². The first-order valence-electron chi connectivity index (χ1n) is 8.69. The van der Waals surface area contributed by atoms with Crippen molar-refractivity contribution in [3.05, 3.63) is 53.6 Å². The fourth-order valence-electron chi connectivity index (χ4n) is 2.89. The third-order valence-electron chi connectivity index (χ3n) is 4.52. The highest BCUT2D eigenvalue weighted by Crippen LogP contribution is 2.26. The summed E-state index contributed by atoms with van der Waals surface area (Å²) >= 11 is 0. The molecule has 0 aliphatic rings. The Balaban J connectivity index is 2.39. The zero-order valence-corrected chi connectivity index (χ0v) is 17.1. The summed E-state index contributed by atoms with van der Waals surface area (Å²) in [4.78, 5) is 12.9. The minimum atomic E-state index is -3.67. The van der Waals surface area contributed by atoms with Gasteiger partial charge in [0.25, 0.3) is 0 Å². The average molecular weight is 391 g/mol. The van der Waals surface area contributed by atoms with Crippen molar-refractivity contribution in [3.63, 3.8) is 0 Å². The molecule has 0 saturated carbocycles. The van der Waals surface area contributed by atoms with Crippen LogP contribution in [0.1, 0.15) is 24.5 Å². The predicted molar refractivity (Wildman–Crippen MR) is 109 cm³/mol. The van der Waals surface area contributed by atoms with E-state index in [0.717, 1.165) is 21.7 Å². The highest BCUT2D eigenvalue weighted by molar-refractivity contribution is 7.92. The number of nitrogens with zero attached hydrogens (tertiary/aromatic N) is 1. The summed E-state index contributed by atoms with van der Waals surface area (Å²) in [6, 6.07) is 11.4. The summed E-state index contributed by atoms with van der Waals surface area (Å²) in [5, 5.41) is 2.88. The van der Waals surface area contributed by atoms with E-state index in [1.54, 1.807) is 31.2 Å². The van der Waals surface area contributed by atoms with Gasteiger partial charge in [0.05, 0.1) is 19.1 Å². The SMILES string of the molecule is CC[C@H](C(=O)Nc1cccc(C)c1C)N(c1ccc(OC)cc1)S(C)(=O)=O. The minimum Gasteiger partial charge on any atom is -0.497 e. The maximum Gasteiger partial charge on any atom is 0.248 e. The molecule has 0 unspecified atom stereocenters. The molecular formula is C20H26N2O4S. The van der Waals surface area contributed by atoms with Gasteiger partial charge in [-0.05, 0) is 61.7 Å². The molecule has 6 nitrogen and oxygen atoms in total. The fourth-order valence-corrected chi connectivity index (χ4v) is 4.10. The Kier molecular flexibility index (Phi) is 6.49. The van der Waals surface area contributed by atoms with Crippen molar-refractivity contribution in [1.29, 1.82) is 0 Å². The minimum absolute atomic E-state index is 0.329. The maximum absolute atomic E-state index is 12.9. The topological polar surface area (TPSA) is 75.7 Å². The summed E-state index contributed by atoms with van der Waals surface area (Å²) in [5.74, 6) is 0.243. The molecular weight excluding hydrogens is 364 g/mol. The molecule has 0 saturated heterocycles. The Bertz CT molecular complexity index is 908. The molecule has 2 rings (SSSR count). The number of benzene rings is 2. The zero-order chi connectivity index (χ0) is 20.2. The van der Waals surface area contributed by atoms with Crippen LogP contribution in [0.25, 0.3) is 0 Å². The molecule has 1 atom stereocenters. The Morgan fingerprint density at radius 3 is 2.30 bits per heavy atom. The van der Waals surface area contributed by atoms with Gasteiger partial charge in [-0.15, -0.1) is 0 Å². The van der Waals surface area contributed by atoms with E-state index >= 15 is 0 Å². The number of hydrogen-bond acceptors (Lipinski definition) is 4. The van der Waals surface area contributed by atoms with Gasteiger partial charge in [0.2, 0.25) is 15.9 Å². The summed E-state index contributed by atoms with van der Waals surface area (Å²) in [7, 11) is -2.14. The molecule has 0 aromatic heterocycles. The number of ether oxygens (including phenoxy) is 1. The quantitative estimate of drug-likeness (QED) is 0.785. The molecule has 1 amide bonds. The van der Waals surface area contributed by atoms with Crippen LogP contribution in [0, 0.1) is 13.8 Å². The molecule has 0 radical (unpaired) electrons. The maximum atomic E-state index is 12.9. The number of anilines is 2. The molecule has 2 aromatic rings. The Morgan fingerprint density at radius 1 is 1.15 bits per heavy atom. The number of aryl methyl sites for hydroxylation is 1. The van der Waals surface area contributed by atoms with Gasteiger partial charge in [-0.3, -0.25) is 9.10 Å². The number of carbonyl (C=O) groups is 1. The highest BCUT2D eigenvalue weighted by Gasteiger charge is 2.31. The Labute approximate surface area is 161 Å². The lowest BCUT2D eigenvalue weighted by atomic mass is 10.1. The molecule has 0 fully saturated rings. The van der Waals surface area contributed by atoms with Gasteiger partial charge in [-0.25, -0.2) is 8.42 Å². The number of amides is 1. The standard InChI is InChI=1S/C20H26N2O4S/c1-6-19(20(23)21-18-9-7-8-14(2)15(18)3)22(27(5,24)25)16-10-12-17(26-4)13-11-16/h7-13,19H,6H2,1-5H3,(H,21,23)/t19-/m1/s1. The highest BCUT2D eigenvalue weighted by atomic mass is 32.2. The zero-order valence-electron chi connectivity index (χ0n) is 16.3. The van der Waals surface area contributed by atoms with E-state index in [-0.39, 0.29) is 5.91 Å². The van der Waals surface area contributed by atoms with Gasteiger partial charge in [0.15, 0.2) is 0 Å². The summed E-state index contributed by atoms with van der Waals surface area (Å²) < 4.78 is 31.2. The number of hydrogen-bond donors (Lipinski definition) is 1. The van der Waals surface area contributed by atoms with Crippen molar-refractivity contribution in [2.45, 2.75) is 33.2 Å². The molecule has 0 bridgehead atoms. The summed E-state index contributed by atoms with van der Waals surface area (Å²) in [6.45, 7) is 5.67. The van der Waals surface area contributed by atoms with Crippen molar-refractivity contribution in [3.8, 4) is 5.75 Å². The lowest BCUT2D eigenvalue weighted by molar-refractivity contribution is -0.117. The first-order valence-corrected chi connectivity index (χ1v) is 10.5. The van der Waals surface area contributed by atoms with Gasteiger partial charge >= 0.3 is 0 Å². The van der Waals surface area contributed by atoms with Gasteiger partial charge in [-0.1, -0.05) is 19.1 Å². The second-order valence-electron chi connectivity index (χ2n) is 6.42. The van der Waals surface area contributed by atoms with Crippen LogP contribution in [-0.4, -0.2) is 33.7 Å². The molecule has 0 aliphatic carbocycles. The second kappa shape index (κ2) is 8.43. The normalized spacial score (nSPS) is 12.3.